The summed E-state index contributed by atoms with van der Waals surface area (Å²) in [5.74, 6) is 0.672. The van der Waals surface area contributed by atoms with Gasteiger partial charge in [0, 0.05) is 22.4 Å². The standard InChI is InChI=1S/C9H7BrN4O2S/c10-8-3-7(14(15)16)2-1-6(8)5-17-9-4-11-13-12-9/h1-4H,5H2,(H,11,12,13). The summed E-state index contributed by atoms with van der Waals surface area (Å²) in [5, 5.41) is 21.5. The van der Waals surface area contributed by atoms with Crippen molar-refractivity contribution in [3.63, 3.8) is 0 Å². The second-order valence-corrected chi connectivity index (χ2v) is 4.98. The van der Waals surface area contributed by atoms with Crippen LogP contribution in [0, 0.1) is 10.1 Å². The van der Waals surface area contributed by atoms with Crippen LogP contribution in [0.3, 0.4) is 0 Å². The molecule has 1 N–H and O–H groups in total. The lowest BCUT2D eigenvalue weighted by Crippen LogP contribution is -1.90. The molecule has 0 bridgehead atoms. The first kappa shape index (κ1) is 12.1. The summed E-state index contributed by atoms with van der Waals surface area (Å²) in [6.45, 7) is 0. The normalized spacial score (nSPS) is 10.4. The van der Waals surface area contributed by atoms with Gasteiger partial charge in [0.15, 0.2) is 0 Å². The number of benzene rings is 1. The summed E-state index contributed by atoms with van der Waals surface area (Å²) in [4.78, 5) is 10.1. The van der Waals surface area contributed by atoms with E-state index in [1.165, 1.54) is 23.9 Å². The molecule has 0 saturated carbocycles. The van der Waals surface area contributed by atoms with E-state index in [9.17, 15) is 10.1 Å². The fourth-order valence-corrected chi connectivity index (χ4v) is 2.66. The molecule has 1 aromatic carbocycles. The SMILES string of the molecule is O=[N+]([O-])c1ccc(CSc2cn[nH]n2)c(Br)c1. The minimum Gasteiger partial charge on any atom is -0.258 e. The van der Waals surface area contributed by atoms with Gasteiger partial charge in [0.2, 0.25) is 0 Å². The van der Waals surface area contributed by atoms with Gasteiger partial charge in [0.25, 0.3) is 5.69 Å². The molecule has 0 aliphatic rings. The van der Waals surface area contributed by atoms with Crippen molar-refractivity contribution >= 4 is 33.4 Å². The molecule has 0 amide bonds. The lowest BCUT2D eigenvalue weighted by Gasteiger charge is -2.02. The van der Waals surface area contributed by atoms with Gasteiger partial charge in [0.1, 0.15) is 5.03 Å². The van der Waals surface area contributed by atoms with Crippen molar-refractivity contribution in [2.24, 2.45) is 0 Å². The highest BCUT2D eigenvalue weighted by Gasteiger charge is 2.09. The molecule has 0 radical (unpaired) electrons. The molecule has 0 unspecified atom stereocenters. The lowest BCUT2D eigenvalue weighted by molar-refractivity contribution is -0.384. The fraction of sp³-hybridized carbons (Fsp3) is 0.111. The summed E-state index contributed by atoms with van der Waals surface area (Å²) < 4.78 is 0.725. The molecule has 0 aliphatic carbocycles. The largest absolute Gasteiger partial charge is 0.270 e. The zero-order valence-corrected chi connectivity index (χ0v) is 10.9. The molecule has 0 atom stereocenters. The number of hydrogen-bond donors (Lipinski definition) is 1. The molecule has 0 fully saturated rings. The Morgan fingerprint density at radius 3 is 2.94 bits per heavy atom. The number of nitrogens with one attached hydrogen (secondary N) is 1. The highest BCUT2D eigenvalue weighted by Crippen LogP contribution is 2.28. The molecule has 2 rings (SSSR count). The number of thioether (sulfide) groups is 1. The van der Waals surface area contributed by atoms with Crippen LogP contribution in [-0.2, 0) is 5.75 Å². The van der Waals surface area contributed by atoms with Crippen LogP contribution in [-0.4, -0.2) is 20.3 Å². The van der Waals surface area contributed by atoms with Crippen LogP contribution in [0.2, 0.25) is 0 Å². The number of hydrogen-bond acceptors (Lipinski definition) is 5. The maximum absolute atomic E-state index is 10.6. The third kappa shape index (κ3) is 3.04. The molecule has 2 aromatic rings. The maximum atomic E-state index is 10.6. The fourth-order valence-electron chi connectivity index (χ4n) is 1.18. The van der Waals surface area contributed by atoms with Gasteiger partial charge in [-0.1, -0.05) is 33.8 Å². The summed E-state index contributed by atoms with van der Waals surface area (Å²) in [7, 11) is 0. The van der Waals surface area contributed by atoms with Crippen molar-refractivity contribution in [3.05, 3.63) is 44.5 Å². The van der Waals surface area contributed by atoms with E-state index >= 15 is 0 Å². The second-order valence-electron chi connectivity index (χ2n) is 3.13. The van der Waals surface area contributed by atoms with Crippen LogP contribution in [0.15, 0.2) is 33.9 Å². The number of nitrogens with zero attached hydrogens (tertiary/aromatic N) is 3. The number of aromatic nitrogens is 3. The molecule has 17 heavy (non-hydrogen) atoms. The monoisotopic (exact) mass is 314 g/mol. The second kappa shape index (κ2) is 5.28. The van der Waals surface area contributed by atoms with Crippen LogP contribution in [0.25, 0.3) is 0 Å². The Hall–Kier alpha value is -1.41. The number of halogens is 1. The van der Waals surface area contributed by atoms with Gasteiger partial charge in [-0.2, -0.15) is 10.3 Å². The number of aromatic amines is 1. The van der Waals surface area contributed by atoms with E-state index < -0.39 is 4.92 Å². The predicted molar refractivity (Wildman–Crippen MR) is 66.7 cm³/mol. The Morgan fingerprint density at radius 1 is 1.53 bits per heavy atom. The topological polar surface area (TPSA) is 84.7 Å². The Kier molecular flexibility index (Phi) is 3.75. The van der Waals surface area contributed by atoms with Crippen molar-refractivity contribution in [1.29, 1.82) is 0 Å². The molecule has 0 saturated heterocycles. The van der Waals surface area contributed by atoms with Crippen LogP contribution < -0.4 is 0 Å². The van der Waals surface area contributed by atoms with Crippen molar-refractivity contribution in [2.75, 3.05) is 0 Å². The van der Waals surface area contributed by atoms with E-state index in [4.69, 9.17) is 0 Å². The first-order valence-electron chi connectivity index (χ1n) is 4.58. The van der Waals surface area contributed by atoms with Crippen molar-refractivity contribution < 1.29 is 4.92 Å². The van der Waals surface area contributed by atoms with E-state index in [0.29, 0.717) is 5.75 Å². The van der Waals surface area contributed by atoms with Crippen molar-refractivity contribution in [1.82, 2.24) is 15.4 Å². The third-order valence-corrected chi connectivity index (χ3v) is 3.70. The summed E-state index contributed by atoms with van der Waals surface area (Å²) >= 11 is 4.82. The smallest absolute Gasteiger partial charge is 0.258 e. The molecule has 1 aromatic heterocycles. The number of non-ortho nitro benzene ring substituents is 1. The van der Waals surface area contributed by atoms with E-state index in [-0.39, 0.29) is 5.69 Å². The maximum Gasteiger partial charge on any atom is 0.270 e. The lowest BCUT2D eigenvalue weighted by atomic mass is 10.2. The molecule has 1 heterocycles. The molecular weight excluding hydrogens is 308 g/mol. The van der Waals surface area contributed by atoms with E-state index in [2.05, 4.69) is 31.3 Å². The Bertz CT molecular complexity index is 532. The summed E-state index contributed by atoms with van der Waals surface area (Å²) in [5.41, 5.74) is 1.05. The molecule has 6 nitrogen and oxygen atoms in total. The van der Waals surface area contributed by atoms with Gasteiger partial charge in [-0.15, -0.1) is 5.10 Å². The Morgan fingerprint density at radius 2 is 2.35 bits per heavy atom. The van der Waals surface area contributed by atoms with Gasteiger partial charge in [-0.3, -0.25) is 10.1 Å². The zero-order valence-electron chi connectivity index (χ0n) is 8.46. The van der Waals surface area contributed by atoms with E-state index in [1.54, 1.807) is 12.3 Å². The quantitative estimate of drug-likeness (QED) is 0.533. The highest BCUT2D eigenvalue weighted by molar-refractivity contribution is 9.10. The molecular formula is C9H7BrN4O2S. The average Bonchev–Trinajstić information content (AvgIpc) is 2.80. The van der Waals surface area contributed by atoms with Gasteiger partial charge < -0.3 is 0 Å². The first-order valence-corrected chi connectivity index (χ1v) is 6.36. The number of rotatable bonds is 4. The minimum atomic E-state index is -0.417. The van der Waals surface area contributed by atoms with Gasteiger partial charge in [0.05, 0.1) is 11.1 Å². The van der Waals surface area contributed by atoms with Gasteiger partial charge >= 0.3 is 0 Å². The molecule has 0 aliphatic heterocycles. The predicted octanol–water partition coefficient (Wildman–Crippen LogP) is 2.77. The Balaban J connectivity index is 2.09. The highest BCUT2D eigenvalue weighted by atomic mass is 79.9. The first-order chi connectivity index (χ1) is 8.16. The van der Waals surface area contributed by atoms with Gasteiger partial charge in [-0.05, 0) is 5.56 Å². The van der Waals surface area contributed by atoms with E-state index in [1.807, 2.05) is 0 Å². The van der Waals surface area contributed by atoms with E-state index in [0.717, 1.165) is 15.1 Å². The molecule has 88 valence electrons. The van der Waals surface area contributed by atoms with Crippen LogP contribution in [0.5, 0.6) is 0 Å². The van der Waals surface area contributed by atoms with Crippen molar-refractivity contribution in [3.8, 4) is 0 Å². The molecule has 0 spiro atoms. The van der Waals surface area contributed by atoms with Crippen molar-refractivity contribution in [2.45, 2.75) is 10.8 Å². The van der Waals surface area contributed by atoms with Crippen LogP contribution >= 0.6 is 27.7 Å². The van der Waals surface area contributed by atoms with Crippen LogP contribution in [0.1, 0.15) is 5.56 Å². The summed E-state index contributed by atoms with van der Waals surface area (Å²) in [6.07, 6.45) is 1.63. The van der Waals surface area contributed by atoms with Crippen LogP contribution in [0.4, 0.5) is 5.69 Å². The average molecular weight is 315 g/mol. The number of H-pyrrole nitrogens is 1. The van der Waals surface area contributed by atoms with Gasteiger partial charge in [-0.25, -0.2) is 0 Å². The summed E-state index contributed by atoms with van der Waals surface area (Å²) in [6, 6.07) is 4.72. The minimum absolute atomic E-state index is 0.0760. The zero-order chi connectivity index (χ0) is 12.3. The number of nitro benzene ring substituents is 1. The third-order valence-electron chi connectivity index (χ3n) is 2.02. The number of nitro groups is 1. The Labute approximate surface area is 109 Å². The molecule has 8 heteroatoms.